The maximum Gasteiger partial charge on any atom is 0.337 e. The Morgan fingerprint density at radius 3 is 2.36 bits per heavy atom. The molecule has 168 valence electrons. The van der Waals surface area contributed by atoms with Crippen molar-refractivity contribution in [3.8, 4) is 5.69 Å². The van der Waals surface area contributed by atoms with Crippen LogP contribution in [0, 0.1) is 49.4 Å². The van der Waals surface area contributed by atoms with Crippen LogP contribution >= 0.6 is 0 Å². The number of hydrogen-bond donors (Lipinski definition) is 0. The Morgan fingerprint density at radius 1 is 1.06 bits per heavy atom. The first-order chi connectivity index (χ1) is 15.9. The van der Waals surface area contributed by atoms with Crippen molar-refractivity contribution < 1.29 is 19.1 Å². The van der Waals surface area contributed by atoms with Crippen molar-refractivity contribution in [1.82, 2.24) is 9.58 Å². The molecule has 2 aromatic rings. The van der Waals surface area contributed by atoms with Gasteiger partial charge in [-0.05, 0) is 68.2 Å². The predicted molar refractivity (Wildman–Crippen MR) is 121 cm³/mol. The lowest BCUT2D eigenvalue weighted by Crippen LogP contribution is -2.40. The smallest absolute Gasteiger partial charge is 0.337 e. The third-order valence-corrected chi connectivity index (χ3v) is 7.95. The van der Waals surface area contributed by atoms with E-state index in [9.17, 15) is 14.4 Å². The molecule has 1 aliphatic heterocycles. The van der Waals surface area contributed by atoms with E-state index in [1.165, 1.54) is 7.11 Å². The van der Waals surface area contributed by atoms with Crippen LogP contribution in [0.1, 0.15) is 33.7 Å². The van der Waals surface area contributed by atoms with Crippen LogP contribution in [0.25, 0.3) is 5.69 Å². The van der Waals surface area contributed by atoms with Gasteiger partial charge in [-0.3, -0.25) is 9.59 Å². The number of imide groups is 1. The molecule has 2 bridgehead atoms. The fourth-order valence-corrected chi connectivity index (χ4v) is 6.38. The van der Waals surface area contributed by atoms with Gasteiger partial charge < -0.3 is 9.30 Å². The van der Waals surface area contributed by atoms with Crippen molar-refractivity contribution >= 4 is 24.0 Å². The summed E-state index contributed by atoms with van der Waals surface area (Å²) in [5, 5.41) is 5.49. The second-order valence-corrected chi connectivity index (χ2v) is 9.59. The monoisotopic (exact) mass is 443 g/mol. The number of carbonyl (C=O) groups excluding carboxylic acids is 3. The number of esters is 1. The van der Waals surface area contributed by atoms with Gasteiger partial charge in [0.25, 0.3) is 11.8 Å². The highest BCUT2D eigenvalue weighted by molar-refractivity contribution is 6.06. The maximum atomic E-state index is 13.1. The molecule has 3 fully saturated rings. The van der Waals surface area contributed by atoms with Gasteiger partial charge in [-0.1, -0.05) is 18.2 Å². The van der Waals surface area contributed by atoms with Crippen molar-refractivity contribution in [2.75, 3.05) is 7.11 Å². The van der Waals surface area contributed by atoms with E-state index >= 15 is 0 Å². The zero-order valence-electron chi connectivity index (χ0n) is 18.8. The van der Waals surface area contributed by atoms with Gasteiger partial charge in [0.1, 0.15) is 0 Å². The molecular formula is C26H25N3O4. The summed E-state index contributed by atoms with van der Waals surface area (Å²) in [4.78, 5) is 38.2. The average Bonchev–Trinajstić information content (AvgIpc) is 3.55. The Bertz CT molecular complexity index is 1240. The molecule has 7 rings (SSSR count). The van der Waals surface area contributed by atoms with Crippen LogP contribution in [0.3, 0.4) is 0 Å². The molecule has 0 spiro atoms. The zero-order chi connectivity index (χ0) is 23.0. The number of amides is 2. The minimum atomic E-state index is -0.394. The number of aromatic nitrogens is 1. The number of carbonyl (C=O) groups is 3. The van der Waals surface area contributed by atoms with Crippen molar-refractivity contribution in [2.45, 2.75) is 20.3 Å². The molecule has 6 atom stereocenters. The highest BCUT2D eigenvalue weighted by Crippen LogP contribution is 2.65. The predicted octanol–water partition coefficient (Wildman–Crippen LogP) is 3.27. The quantitative estimate of drug-likeness (QED) is 0.314. The van der Waals surface area contributed by atoms with Crippen LogP contribution in [-0.4, -0.2) is 40.7 Å². The van der Waals surface area contributed by atoms with Crippen molar-refractivity contribution in [1.29, 1.82) is 0 Å². The molecule has 0 unspecified atom stereocenters. The summed E-state index contributed by atoms with van der Waals surface area (Å²) in [6.45, 7) is 3.91. The van der Waals surface area contributed by atoms with E-state index in [0.717, 1.165) is 34.1 Å². The van der Waals surface area contributed by atoms with E-state index in [4.69, 9.17) is 4.74 Å². The minimum absolute atomic E-state index is 0.162. The lowest BCUT2D eigenvalue weighted by molar-refractivity contribution is -0.140. The zero-order valence-corrected chi connectivity index (χ0v) is 18.8. The van der Waals surface area contributed by atoms with E-state index in [-0.39, 0.29) is 35.5 Å². The van der Waals surface area contributed by atoms with Gasteiger partial charge in [-0.15, -0.1) is 0 Å². The van der Waals surface area contributed by atoms with E-state index in [1.807, 2.05) is 36.6 Å². The number of allylic oxidation sites excluding steroid dienone is 2. The molecule has 33 heavy (non-hydrogen) atoms. The molecule has 1 aromatic heterocycles. The third-order valence-electron chi connectivity index (χ3n) is 7.95. The third kappa shape index (κ3) is 2.81. The number of aryl methyl sites for hydroxylation is 1. The van der Waals surface area contributed by atoms with Crippen LogP contribution in [-0.2, 0) is 14.3 Å². The Labute approximate surface area is 191 Å². The number of hydrazone groups is 1. The summed E-state index contributed by atoms with van der Waals surface area (Å²) in [5.41, 5.74) is 3.96. The molecule has 4 aliphatic carbocycles. The fraction of sp³-hybridized carbons (Fsp3) is 0.385. The first kappa shape index (κ1) is 20.1. The largest absolute Gasteiger partial charge is 0.465 e. The number of nitrogens with zero attached hydrogens (tertiary/aromatic N) is 3. The highest BCUT2D eigenvalue weighted by atomic mass is 16.5. The molecule has 2 amide bonds. The van der Waals surface area contributed by atoms with Crippen molar-refractivity contribution in [3.63, 3.8) is 0 Å². The SMILES string of the molecule is COC(=O)c1cccc(-n2c(C)cc(/C=N\N3C(=O)[C@@H]4[C@H]5C=C[C@@H]([C@@H]6C[C@H]56)[C@@H]4C3=O)c2C)c1. The molecule has 1 aromatic carbocycles. The molecule has 7 heteroatoms. The number of benzene rings is 1. The topological polar surface area (TPSA) is 81.0 Å². The molecule has 0 radical (unpaired) electrons. The van der Waals surface area contributed by atoms with Crippen LogP contribution in [0.5, 0.6) is 0 Å². The normalized spacial score (nSPS) is 31.3. The van der Waals surface area contributed by atoms with Gasteiger partial charge in [0.2, 0.25) is 0 Å². The molecule has 1 saturated heterocycles. The van der Waals surface area contributed by atoms with E-state index in [0.29, 0.717) is 17.4 Å². The Kier molecular flexibility index (Phi) is 4.28. The van der Waals surface area contributed by atoms with E-state index in [1.54, 1.807) is 18.3 Å². The lowest BCUT2D eigenvalue weighted by Gasteiger charge is -2.37. The van der Waals surface area contributed by atoms with Crippen molar-refractivity contribution in [2.24, 2.45) is 40.6 Å². The second kappa shape index (κ2) is 7.01. The minimum Gasteiger partial charge on any atom is -0.465 e. The summed E-state index contributed by atoms with van der Waals surface area (Å²) < 4.78 is 6.85. The molecule has 2 heterocycles. The van der Waals surface area contributed by atoms with Crippen LogP contribution in [0.15, 0.2) is 47.6 Å². The highest BCUT2D eigenvalue weighted by Gasteiger charge is 2.67. The van der Waals surface area contributed by atoms with Crippen LogP contribution in [0.2, 0.25) is 0 Å². The summed E-state index contributed by atoms with van der Waals surface area (Å²) in [6, 6.07) is 9.17. The number of rotatable bonds is 4. The number of hydrogen-bond acceptors (Lipinski definition) is 5. The average molecular weight is 444 g/mol. The lowest BCUT2D eigenvalue weighted by atomic mass is 9.63. The van der Waals surface area contributed by atoms with Gasteiger partial charge in [-0.2, -0.15) is 10.1 Å². The van der Waals surface area contributed by atoms with Gasteiger partial charge in [0.15, 0.2) is 0 Å². The van der Waals surface area contributed by atoms with E-state index < -0.39 is 5.97 Å². The molecule has 5 aliphatic rings. The molecule has 7 nitrogen and oxygen atoms in total. The standard InChI is InChI=1S/C26H25N3O4/c1-13-9-16(14(2)28(13)17-6-4-5-15(10-17)26(32)33-3)12-27-29-24(30)22-18-7-8-19(21-11-20(18)21)23(22)25(29)31/h4-10,12,18-23H,11H2,1-3H3/b27-12-/t18-,19-,20-,21+,22-,23+/m0/s1. The first-order valence-electron chi connectivity index (χ1n) is 11.4. The van der Waals surface area contributed by atoms with Gasteiger partial charge in [-0.25, -0.2) is 4.79 Å². The fourth-order valence-electron chi connectivity index (χ4n) is 6.38. The van der Waals surface area contributed by atoms with Crippen LogP contribution in [0.4, 0.5) is 0 Å². The molecular weight excluding hydrogens is 418 g/mol. The second-order valence-electron chi connectivity index (χ2n) is 9.59. The van der Waals surface area contributed by atoms with Gasteiger partial charge in [0, 0.05) is 22.6 Å². The number of methoxy groups -OCH3 is 1. The Morgan fingerprint density at radius 2 is 1.73 bits per heavy atom. The maximum absolute atomic E-state index is 13.1. The summed E-state index contributed by atoms with van der Waals surface area (Å²) >= 11 is 0. The Hall–Kier alpha value is -3.48. The van der Waals surface area contributed by atoms with Gasteiger partial charge in [0.05, 0.1) is 30.7 Å². The van der Waals surface area contributed by atoms with E-state index in [2.05, 4.69) is 17.3 Å². The van der Waals surface area contributed by atoms with Crippen LogP contribution < -0.4 is 0 Å². The molecule has 2 saturated carbocycles. The Balaban J connectivity index is 1.29. The summed E-state index contributed by atoms with van der Waals surface area (Å²) in [5.74, 6) is 0.306. The summed E-state index contributed by atoms with van der Waals surface area (Å²) in [6.07, 6.45) is 7.07. The summed E-state index contributed by atoms with van der Waals surface area (Å²) in [7, 11) is 1.36. The number of ether oxygens (including phenoxy) is 1. The first-order valence-corrected chi connectivity index (χ1v) is 11.4. The van der Waals surface area contributed by atoms with Gasteiger partial charge >= 0.3 is 5.97 Å². The van der Waals surface area contributed by atoms with Crippen molar-refractivity contribution in [3.05, 3.63) is 65.0 Å². The molecule has 0 N–H and O–H groups in total.